The van der Waals surface area contributed by atoms with E-state index in [9.17, 15) is 9.59 Å². The molecule has 0 saturated carbocycles. The lowest BCUT2D eigenvalue weighted by atomic mass is 9.86. The Morgan fingerprint density at radius 2 is 2.05 bits per heavy atom. The van der Waals surface area contributed by atoms with Gasteiger partial charge in [0.1, 0.15) is 0 Å². The van der Waals surface area contributed by atoms with Gasteiger partial charge in [-0.2, -0.15) is 0 Å². The molecule has 102 valence electrons. The van der Waals surface area contributed by atoms with Gasteiger partial charge in [0, 0.05) is 12.1 Å². The van der Waals surface area contributed by atoms with E-state index in [1.807, 2.05) is 32.0 Å². The van der Waals surface area contributed by atoms with Gasteiger partial charge in [-0.3, -0.25) is 9.59 Å². The maximum absolute atomic E-state index is 11.9. The fourth-order valence-electron chi connectivity index (χ4n) is 2.52. The first-order valence-corrected chi connectivity index (χ1v) is 6.53. The summed E-state index contributed by atoms with van der Waals surface area (Å²) in [5.74, 6) is -0.250. The lowest BCUT2D eigenvalue weighted by Crippen LogP contribution is -2.22. The maximum Gasteiger partial charge on any atom is 0.313 e. The van der Waals surface area contributed by atoms with Gasteiger partial charge in [-0.25, -0.2) is 0 Å². The van der Waals surface area contributed by atoms with Crippen molar-refractivity contribution in [3.05, 3.63) is 29.3 Å². The van der Waals surface area contributed by atoms with Crippen molar-refractivity contribution < 1.29 is 14.3 Å². The minimum absolute atomic E-state index is 0.0497. The molecule has 1 aromatic rings. The van der Waals surface area contributed by atoms with Crippen LogP contribution in [0.3, 0.4) is 0 Å². The molecule has 0 bridgehead atoms. The van der Waals surface area contributed by atoms with Gasteiger partial charge in [0.05, 0.1) is 13.0 Å². The van der Waals surface area contributed by atoms with Crippen LogP contribution in [0.25, 0.3) is 0 Å². The van der Waals surface area contributed by atoms with Gasteiger partial charge < -0.3 is 10.1 Å². The molecule has 0 radical (unpaired) electrons. The van der Waals surface area contributed by atoms with E-state index < -0.39 is 0 Å². The quantitative estimate of drug-likeness (QED) is 0.850. The van der Waals surface area contributed by atoms with E-state index >= 15 is 0 Å². The zero-order chi connectivity index (χ0) is 14.0. The maximum atomic E-state index is 11.9. The molecule has 0 spiro atoms. The number of hydrogen-bond acceptors (Lipinski definition) is 3. The zero-order valence-electron chi connectivity index (χ0n) is 11.5. The first-order valence-electron chi connectivity index (χ1n) is 6.53. The Kier molecular flexibility index (Phi) is 3.88. The topological polar surface area (TPSA) is 55.4 Å². The number of carbonyl (C=O) groups excluding carboxylic acids is 2. The highest BCUT2D eigenvalue weighted by atomic mass is 16.5. The number of carbonyl (C=O) groups is 2. The van der Waals surface area contributed by atoms with Crippen LogP contribution in [-0.2, 0) is 20.7 Å². The van der Waals surface area contributed by atoms with Gasteiger partial charge in [0.2, 0.25) is 5.91 Å². The number of esters is 1. The van der Waals surface area contributed by atoms with Gasteiger partial charge in [-0.1, -0.05) is 26.0 Å². The summed E-state index contributed by atoms with van der Waals surface area (Å²) >= 11 is 0. The molecule has 1 N–H and O–H groups in total. The molecule has 19 heavy (non-hydrogen) atoms. The van der Waals surface area contributed by atoms with Crippen molar-refractivity contribution in [1.82, 2.24) is 0 Å². The summed E-state index contributed by atoms with van der Waals surface area (Å²) in [4.78, 5) is 23.2. The molecule has 1 atom stereocenters. The number of anilines is 1. The highest BCUT2D eigenvalue weighted by Crippen LogP contribution is 2.31. The first kappa shape index (κ1) is 13.6. The van der Waals surface area contributed by atoms with Crippen molar-refractivity contribution in [2.24, 2.45) is 5.92 Å². The molecule has 1 unspecified atom stereocenters. The third kappa shape index (κ3) is 2.78. The van der Waals surface area contributed by atoms with E-state index in [-0.39, 0.29) is 23.7 Å². The first-order chi connectivity index (χ1) is 9.02. The molecule has 4 heteroatoms. The van der Waals surface area contributed by atoms with E-state index in [0.29, 0.717) is 6.42 Å². The number of aryl methyl sites for hydroxylation is 1. The third-order valence-electron chi connectivity index (χ3n) is 3.51. The second kappa shape index (κ2) is 5.43. The van der Waals surface area contributed by atoms with E-state index in [0.717, 1.165) is 23.2 Å². The smallest absolute Gasteiger partial charge is 0.313 e. The Morgan fingerprint density at radius 3 is 2.68 bits per heavy atom. The molecule has 2 rings (SSSR count). The van der Waals surface area contributed by atoms with Crippen molar-refractivity contribution in [2.75, 3.05) is 12.4 Å². The number of fused-ring (bicyclic) bond motifs is 1. The minimum Gasteiger partial charge on any atom is -0.469 e. The van der Waals surface area contributed by atoms with Gasteiger partial charge in [0.15, 0.2) is 0 Å². The van der Waals surface area contributed by atoms with Crippen molar-refractivity contribution in [3.63, 3.8) is 0 Å². The Labute approximate surface area is 113 Å². The van der Waals surface area contributed by atoms with Gasteiger partial charge >= 0.3 is 5.97 Å². The summed E-state index contributed by atoms with van der Waals surface area (Å²) in [5.41, 5.74) is 2.90. The minimum atomic E-state index is -0.257. The van der Waals surface area contributed by atoms with Crippen LogP contribution in [0.1, 0.15) is 37.3 Å². The number of nitrogens with one attached hydrogen (secondary N) is 1. The van der Waals surface area contributed by atoms with Crippen LogP contribution in [0.4, 0.5) is 5.69 Å². The van der Waals surface area contributed by atoms with E-state index in [2.05, 4.69) is 5.32 Å². The predicted molar refractivity (Wildman–Crippen MR) is 73.0 cm³/mol. The molecular weight excluding hydrogens is 242 g/mol. The molecule has 1 aliphatic heterocycles. The third-order valence-corrected chi connectivity index (χ3v) is 3.51. The summed E-state index contributed by atoms with van der Waals surface area (Å²) in [6.45, 7) is 4.01. The van der Waals surface area contributed by atoms with E-state index in [1.54, 1.807) is 0 Å². The Balaban J connectivity index is 2.35. The fraction of sp³-hybridized carbons (Fsp3) is 0.467. The van der Waals surface area contributed by atoms with E-state index in [4.69, 9.17) is 4.74 Å². The molecule has 0 aliphatic carbocycles. The average molecular weight is 261 g/mol. The Bertz CT molecular complexity index is 508. The normalized spacial score (nSPS) is 15.7. The van der Waals surface area contributed by atoms with Crippen LogP contribution in [0, 0.1) is 5.92 Å². The summed E-state index contributed by atoms with van der Waals surface area (Å²) in [7, 11) is 1.41. The van der Waals surface area contributed by atoms with Crippen LogP contribution in [-0.4, -0.2) is 19.0 Å². The van der Waals surface area contributed by atoms with Crippen LogP contribution >= 0.6 is 0 Å². The highest BCUT2D eigenvalue weighted by molar-refractivity contribution is 5.94. The summed E-state index contributed by atoms with van der Waals surface area (Å²) in [6.07, 6.45) is 1.22. The van der Waals surface area contributed by atoms with Crippen LogP contribution in [0.15, 0.2) is 18.2 Å². The Morgan fingerprint density at radius 1 is 1.32 bits per heavy atom. The second-order valence-corrected chi connectivity index (χ2v) is 5.21. The van der Waals surface area contributed by atoms with Crippen LogP contribution in [0.5, 0.6) is 0 Å². The number of benzene rings is 1. The number of hydrogen-bond donors (Lipinski definition) is 1. The predicted octanol–water partition coefficient (Wildman–Crippen LogP) is 2.48. The lowest BCUT2D eigenvalue weighted by Gasteiger charge is -2.22. The largest absolute Gasteiger partial charge is 0.469 e. The average Bonchev–Trinajstić information content (AvgIpc) is 2.38. The van der Waals surface area contributed by atoms with Gasteiger partial charge in [0.25, 0.3) is 0 Å². The van der Waals surface area contributed by atoms with Gasteiger partial charge in [-0.15, -0.1) is 0 Å². The Hall–Kier alpha value is -1.84. The molecular formula is C15H19NO3. The standard InChI is InChI=1S/C15H19NO3/c1-9(2)14(15(18)19-3)11-4-6-12-10(8-11)5-7-13(17)16-12/h4,6,8-9,14H,5,7H2,1-3H3,(H,16,17). The molecule has 0 aromatic heterocycles. The molecule has 1 heterocycles. The number of methoxy groups -OCH3 is 1. The SMILES string of the molecule is COC(=O)C(c1ccc2c(c1)CCC(=O)N2)C(C)C. The molecule has 0 saturated heterocycles. The lowest BCUT2D eigenvalue weighted by molar-refractivity contribution is -0.143. The van der Waals surface area contributed by atoms with Gasteiger partial charge in [-0.05, 0) is 29.5 Å². The zero-order valence-corrected chi connectivity index (χ0v) is 11.5. The number of amides is 1. The summed E-state index contributed by atoms with van der Waals surface area (Å²) in [5, 5.41) is 2.84. The summed E-state index contributed by atoms with van der Waals surface area (Å²) in [6, 6.07) is 5.78. The molecule has 0 fully saturated rings. The monoisotopic (exact) mass is 261 g/mol. The van der Waals surface area contributed by atoms with Crippen molar-refractivity contribution in [2.45, 2.75) is 32.6 Å². The molecule has 1 aliphatic rings. The second-order valence-electron chi connectivity index (χ2n) is 5.21. The van der Waals surface area contributed by atoms with Crippen molar-refractivity contribution in [3.8, 4) is 0 Å². The number of ether oxygens (including phenoxy) is 1. The van der Waals surface area contributed by atoms with E-state index in [1.165, 1.54) is 7.11 Å². The van der Waals surface area contributed by atoms with Crippen LogP contribution in [0.2, 0.25) is 0 Å². The molecule has 1 aromatic carbocycles. The van der Waals surface area contributed by atoms with Crippen LogP contribution < -0.4 is 5.32 Å². The van der Waals surface area contributed by atoms with Crippen molar-refractivity contribution in [1.29, 1.82) is 0 Å². The highest BCUT2D eigenvalue weighted by Gasteiger charge is 2.26. The molecule has 1 amide bonds. The molecule has 4 nitrogen and oxygen atoms in total. The number of rotatable bonds is 3. The fourth-order valence-corrected chi connectivity index (χ4v) is 2.52. The van der Waals surface area contributed by atoms with Crippen molar-refractivity contribution >= 4 is 17.6 Å². The summed E-state index contributed by atoms with van der Waals surface area (Å²) < 4.78 is 4.88.